The van der Waals surface area contributed by atoms with Crippen LogP contribution < -0.4 is 10.1 Å². The fraction of sp³-hybridized carbons (Fsp3) is 0.296. The molecule has 1 unspecified atom stereocenters. The summed E-state index contributed by atoms with van der Waals surface area (Å²) in [6.07, 6.45) is 2.31. The van der Waals surface area contributed by atoms with Gasteiger partial charge >= 0.3 is 0 Å². The smallest absolute Gasteiger partial charge is 0.251 e. The van der Waals surface area contributed by atoms with Crippen molar-refractivity contribution in [2.24, 2.45) is 0 Å². The van der Waals surface area contributed by atoms with Crippen molar-refractivity contribution in [1.82, 2.24) is 5.32 Å². The van der Waals surface area contributed by atoms with E-state index in [1.54, 1.807) is 12.1 Å². The van der Waals surface area contributed by atoms with E-state index in [2.05, 4.69) is 5.32 Å². The predicted molar refractivity (Wildman–Crippen MR) is 123 cm³/mol. The molecule has 1 atom stereocenters. The standard InChI is InChI=1S/C27H29NO4/c29-27(22-12-14-25(15-13-22)32-20-26-11-6-16-31-26)28-17-23-9-4-5-10-24(23)19-30-18-21-7-2-1-3-8-21/h1-5,7-10,12-15,26H,6,11,16-20H2,(H,28,29). The molecule has 166 valence electrons. The lowest BCUT2D eigenvalue weighted by atomic mass is 10.1. The van der Waals surface area contributed by atoms with Gasteiger partial charge in [0.05, 0.1) is 19.3 Å². The van der Waals surface area contributed by atoms with Gasteiger partial charge in [-0.05, 0) is 53.8 Å². The van der Waals surface area contributed by atoms with E-state index in [1.165, 1.54) is 0 Å². The Hall–Kier alpha value is -3.15. The summed E-state index contributed by atoms with van der Waals surface area (Å²) < 4.78 is 17.2. The second-order valence-electron chi connectivity index (χ2n) is 7.90. The molecule has 4 rings (SSSR count). The van der Waals surface area contributed by atoms with Crippen molar-refractivity contribution in [2.45, 2.75) is 38.7 Å². The first-order valence-electron chi connectivity index (χ1n) is 11.1. The molecule has 0 aliphatic carbocycles. The van der Waals surface area contributed by atoms with Crippen LogP contribution in [0.25, 0.3) is 0 Å². The molecule has 1 amide bonds. The van der Waals surface area contributed by atoms with Crippen LogP contribution in [-0.4, -0.2) is 25.2 Å². The zero-order chi connectivity index (χ0) is 22.0. The largest absolute Gasteiger partial charge is 0.491 e. The molecular weight excluding hydrogens is 402 g/mol. The highest BCUT2D eigenvalue weighted by atomic mass is 16.5. The average molecular weight is 432 g/mol. The molecule has 1 aliphatic heterocycles. The molecule has 0 radical (unpaired) electrons. The number of ether oxygens (including phenoxy) is 3. The van der Waals surface area contributed by atoms with E-state index in [1.807, 2.05) is 66.7 Å². The van der Waals surface area contributed by atoms with E-state index < -0.39 is 0 Å². The van der Waals surface area contributed by atoms with E-state index in [4.69, 9.17) is 14.2 Å². The van der Waals surface area contributed by atoms with Gasteiger partial charge in [-0.1, -0.05) is 54.6 Å². The second-order valence-corrected chi connectivity index (χ2v) is 7.90. The van der Waals surface area contributed by atoms with Crippen LogP contribution in [0.3, 0.4) is 0 Å². The first-order chi connectivity index (χ1) is 15.8. The third-order valence-electron chi connectivity index (χ3n) is 5.50. The highest BCUT2D eigenvalue weighted by Gasteiger charge is 2.16. The Bertz CT molecular complexity index is 982. The quantitative estimate of drug-likeness (QED) is 0.497. The molecule has 1 fully saturated rings. The minimum absolute atomic E-state index is 0.115. The molecule has 0 saturated carbocycles. The summed E-state index contributed by atoms with van der Waals surface area (Å²) in [6, 6.07) is 25.3. The van der Waals surface area contributed by atoms with Crippen LogP contribution in [0.1, 0.15) is 39.9 Å². The van der Waals surface area contributed by atoms with Gasteiger partial charge in [0.25, 0.3) is 5.91 Å². The summed E-state index contributed by atoms with van der Waals surface area (Å²) in [4.78, 5) is 12.6. The van der Waals surface area contributed by atoms with Crippen molar-refractivity contribution in [2.75, 3.05) is 13.2 Å². The number of hydrogen-bond donors (Lipinski definition) is 1. The summed E-state index contributed by atoms with van der Waals surface area (Å²) in [6.45, 7) is 2.87. The Morgan fingerprint density at radius 2 is 1.66 bits per heavy atom. The normalized spacial score (nSPS) is 15.4. The van der Waals surface area contributed by atoms with Crippen LogP contribution in [0.4, 0.5) is 0 Å². The minimum atomic E-state index is -0.115. The monoisotopic (exact) mass is 431 g/mol. The highest BCUT2D eigenvalue weighted by Crippen LogP contribution is 2.17. The molecule has 3 aromatic rings. The number of rotatable bonds is 10. The lowest BCUT2D eigenvalue weighted by Crippen LogP contribution is -2.23. The van der Waals surface area contributed by atoms with Crippen molar-refractivity contribution in [3.8, 4) is 5.75 Å². The molecule has 1 saturated heterocycles. The number of benzene rings is 3. The van der Waals surface area contributed by atoms with Crippen molar-refractivity contribution in [1.29, 1.82) is 0 Å². The molecule has 0 spiro atoms. The maximum atomic E-state index is 12.6. The van der Waals surface area contributed by atoms with E-state index in [-0.39, 0.29) is 12.0 Å². The number of hydrogen-bond acceptors (Lipinski definition) is 4. The Morgan fingerprint density at radius 3 is 2.41 bits per heavy atom. The highest BCUT2D eigenvalue weighted by molar-refractivity contribution is 5.94. The third-order valence-corrected chi connectivity index (χ3v) is 5.50. The second kappa shape index (κ2) is 11.5. The fourth-order valence-electron chi connectivity index (χ4n) is 3.67. The van der Waals surface area contributed by atoms with E-state index in [9.17, 15) is 4.79 Å². The van der Waals surface area contributed by atoms with Crippen molar-refractivity contribution >= 4 is 5.91 Å². The number of carbonyl (C=O) groups excluding carboxylic acids is 1. The molecule has 0 aromatic heterocycles. The number of carbonyl (C=O) groups is 1. The van der Waals surface area contributed by atoms with Gasteiger partial charge in [0.1, 0.15) is 12.4 Å². The molecule has 1 heterocycles. The summed E-state index contributed by atoms with van der Waals surface area (Å²) in [7, 11) is 0. The Morgan fingerprint density at radius 1 is 0.906 bits per heavy atom. The van der Waals surface area contributed by atoms with Gasteiger partial charge in [-0.2, -0.15) is 0 Å². The molecule has 5 heteroatoms. The van der Waals surface area contributed by atoms with E-state index in [0.29, 0.717) is 31.9 Å². The van der Waals surface area contributed by atoms with E-state index >= 15 is 0 Å². The van der Waals surface area contributed by atoms with Crippen LogP contribution >= 0.6 is 0 Å². The fourth-order valence-corrected chi connectivity index (χ4v) is 3.67. The predicted octanol–water partition coefficient (Wildman–Crippen LogP) is 4.89. The van der Waals surface area contributed by atoms with Gasteiger partial charge in [0, 0.05) is 18.7 Å². The zero-order valence-electron chi connectivity index (χ0n) is 18.2. The van der Waals surface area contributed by atoms with Crippen LogP contribution in [0.15, 0.2) is 78.9 Å². The van der Waals surface area contributed by atoms with Crippen molar-refractivity contribution in [3.05, 3.63) is 101 Å². The molecule has 1 aliphatic rings. The van der Waals surface area contributed by atoms with Crippen LogP contribution in [0.5, 0.6) is 5.75 Å². The lowest BCUT2D eigenvalue weighted by Gasteiger charge is -2.13. The van der Waals surface area contributed by atoms with Gasteiger partial charge in [-0.25, -0.2) is 0 Å². The van der Waals surface area contributed by atoms with Gasteiger partial charge in [0.15, 0.2) is 0 Å². The Balaban J connectivity index is 1.26. The summed E-state index contributed by atoms with van der Waals surface area (Å²) in [5.41, 5.74) is 3.86. The maximum Gasteiger partial charge on any atom is 0.251 e. The van der Waals surface area contributed by atoms with Crippen LogP contribution in [-0.2, 0) is 29.2 Å². The number of amides is 1. The minimum Gasteiger partial charge on any atom is -0.491 e. The van der Waals surface area contributed by atoms with Gasteiger partial charge in [0.2, 0.25) is 0 Å². The summed E-state index contributed by atoms with van der Waals surface area (Å²) in [5, 5.41) is 3.00. The van der Waals surface area contributed by atoms with Crippen LogP contribution in [0, 0.1) is 0 Å². The van der Waals surface area contributed by atoms with Gasteiger partial charge in [-0.15, -0.1) is 0 Å². The maximum absolute atomic E-state index is 12.6. The van der Waals surface area contributed by atoms with E-state index in [0.717, 1.165) is 41.9 Å². The Kier molecular flexibility index (Phi) is 7.90. The van der Waals surface area contributed by atoms with Crippen molar-refractivity contribution < 1.29 is 19.0 Å². The average Bonchev–Trinajstić information content (AvgIpc) is 3.37. The molecule has 3 aromatic carbocycles. The molecule has 5 nitrogen and oxygen atoms in total. The zero-order valence-corrected chi connectivity index (χ0v) is 18.2. The van der Waals surface area contributed by atoms with Gasteiger partial charge < -0.3 is 19.5 Å². The van der Waals surface area contributed by atoms with Gasteiger partial charge in [-0.3, -0.25) is 4.79 Å². The molecule has 32 heavy (non-hydrogen) atoms. The topological polar surface area (TPSA) is 56.8 Å². The molecule has 0 bridgehead atoms. The summed E-state index contributed by atoms with van der Waals surface area (Å²) >= 11 is 0. The first kappa shape index (κ1) is 22.1. The first-order valence-corrected chi connectivity index (χ1v) is 11.1. The number of nitrogens with one attached hydrogen (secondary N) is 1. The third kappa shape index (κ3) is 6.42. The molecule has 1 N–H and O–H groups in total. The summed E-state index contributed by atoms with van der Waals surface area (Å²) in [5.74, 6) is 0.633. The SMILES string of the molecule is O=C(NCc1ccccc1COCc1ccccc1)c1ccc(OCC2CCCO2)cc1. The van der Waals surface area contributed by atoms with Crippen molar-refractivity contribution in [3.63, 3.8) is 0 Å². The lowest BCUT2D eigenvalue weighted by molar-refractivity contribution is 0.0679. The Labute approximate surface area is 189 Å². The molecular formula is C27H29NO4. The van der Waals surface area contributed by atoms with Crippen LogP contribution in [0.2, 0.25) is 0 Å².